The van der Waals surface area contributed by atoms with E-state index >= 15 is 0 Å². The lowest BCUT2D eigenvalue weighted by Gasteiger charge is -2.26. The Morgan fingerprint density at radius 2 is 2.04 bits per heavy atom. The average Bonchev–Trinajstić information content (AvgIpc) is 2.93. The van der Waals surface area contributed by atoms with Gasteiger partial charge in [-0.1, -0.05) is 18.2 Å². The monoisotopic (exact) mass is 364 g/mol. The number of alkyl carbamates (subject to hydrolysis) is 1. The van der Waals surface area contributed by atoms with Gasteiger partial charge in [0, 0.05) is 25.0 Å². The van der Waals surface area contributed by atoms with E-state index in [1.807, 2.05) is 11.8 Å². The number of hydrogen-bond acceptors (Lipinski definition) is 3. The molecule has 1 saturated heterocycles. The standard InChI is InChI=1S/C20H29FN2O3/c1-14-8-7-11-23(14)18(24)13-16(22-19(25)26-20(2,3)4)12-15-9-5-6-10-17(15)21/h5-6,9-10,14,16H,7-8,11-13H2,1-4H3,(H,22,25)/t14-,16-/m1/s1. The van der Waals surface area contributed by atoms with Crippen molar-refractivity contribution in [3.8, 4) is 0 Å². The van der Waals surface area contributed by atoms with Crippen molar-refractivity contribution in [2.45, 2.75) is 71.1 Å². The van der Waals surface area contributed by atoms with Gasteiger partial charge >= 0.3 is 6.09 Å². The maximum absolute atomic E-state index is 14.0. The molecule has 2 rings (SSSR count). The Kier molecular flexibility index (Phi) is 6.62. The van der Waals surface area contributed by atoms with Crippen LogP contribution in [0.25, 0.3) is 0 Å². The SMILES string of the molecule is C[C@@H]1CCCN1C(=O)C[C@@H](Cc1ccccc1F)NC(=O)OC(C)(C)C. The van der Waals surface area contributed by atoms with Crippen molar-refractivity contribution in [3.63, 3.8) is 0 Å². The van der Waals surface area contributed by atoms with Gasteiger partial charge in [0.25, 0.3) is 0 Å². The molecule has 0 aliphatic carbocycles. The number of nitrogens with one attached hydrogen (secondary N) is 1. The van der Waals surface area contributed by atoms with Crippen molar-refractivity contribution in [2.24, 2.45) is 0 Å². The van der Waals surface area contributed by atoms with Crippen LogP contribution in [-0.2, 0) is 16.0 Å². The summed E-state index contributed by atoms with van der Waals surface area (Å²) in [6, 6.07) is 6.09. The van der Waals surface area contributed by atoms with E-state index in [4.69, 9.17) is 4.74 Å². The molecule has 0 bridgehead atoms. The number of amides is 2. The van der Waals surface area contributed by atoms with E-state index in [1.54, 1.807) is 39.0 Å². The van der Waals surface area contributed by atoms with Gasteiger partial charge in [-0.25, -0.2) is 9.18 Å². The Hall–Kier alpha value is -2.11. The second-order valence-electron chi connectivity index (χ2n) is 7.92. The minimum absolute atomic E-state index is 0.0209. The molecule has 1 aromatic rings. The zero-order valence-electron chi connectivity index (χ0n) is 16.0. The number of hydrogen-bond donors (Lipinski definition) is 1. The minimum Gasteiger partial charge on any atom is -0.444 e. The predicted molar refractivity (Wildman–Crippen MR) is 98.3 cm³/mol. The second kappa shape index (κ2) is 8.52. The third-order valence-electron chi connectivity index (χ3n) is 4.44. The normalized spacial score (nSPS) is 18.5. The summed E-state index contributed by atoms with van der Waals surface area (Å²) in [7, 11) is 0. The number of nitrogens with zero attached hydrogens (tertiary/aromatic N) is 1. The molecular weight excluding hydrogens is 335 g/mol. The van der Waals surface area contributed by atoms with Crippen LogP contribution in [0.4, 0.5) is 9.18 Å². The van der Waals surface area contributed by atoms with Crippen LogP contribution in [0.1, 0.15) is 52.5 Å². The van der Waals surface area contributed by atoms with Crippen LogP contribution in [0, 0.1) is 5.82 Å². The number of carbonyl (C=O) groups excluding carboxylic acids is 2. The quantitative estimate of drug-likeness (QED) is 0.867. The number of likely N-dealkylation sites (tertiary alicyclic amines) is 1. The summed E-state index contributed by atoms with van der Waals surface area (Å²) in [4.78, 5) is 26.6. The highest BCUT2D eigenvalue weighted by atomic mass is 19.1. The minimum atomic E-state index is -0.639. The zero-order valence-corrected chi connectivity index (χ0v) is 16.0. The lowest BCUT2D eigenvalue weighted by Crippen LogP contribution is -2.44. The first-order chi connectivity index (χ1) is 12.2. The fourth-order valence-corrected chi connectivity index (χ4v) is 3.21. The molecule has 1 N–H and O–H groups in total. The third-order valence-corrected chi connectivity index (χ3v) is 4.44. The van der Waals surface area contributed by atoms with Crippen LogP contribution in [0.15, 0.2) is 24.3 Å². The van der Waals surface area contributed by atoms with Gasteiger partial charge < -0.3 is 15.0 Å². The van der Waals surface area contributed by atoms with Crippen molar-refractivity contribution in [3.05, 3.63) is 35.6 Å². The average molecular weight is 364 g/mol. The molecule has 2 atom stereocenters. The van der Waals surface area contributed by atoms with E-state index in [-0.39, 0.29) is 30.6 Å². The van der Waals surface area contributed by atoms with Crippen molar-refractivity contribution in [2.75, 3.05) is 6.54 Å². The summed E-state index contributed by atoms with van der Waals surface area (Å²) >= 11 is 0. The van der Waals surface area contributed by atoms with Gasteiger partial charge in [0.05, 0.1) is 0 Å². The fraction of sp³-hybridized carbons (Fsp3) is 0.600. The van der Waals surface area contributed by atoms with Gasteiger partial charge in [0.2, 0.25) is 5.91 Å². The smallest absolute Gasteiger partial charge is 0.407 e. The molecular formula is C20H29FN2O3. The summed E-state index contributed by atoms with van der Waals surface area (Å²) in [6.07, 6.45) is 1.74. The number of carbonyl (C=O) groups is 2. The molecule has 0 unspecified atom stereocenters. The second-order valence-corrected chi connectivity index (χ2v) is 7.92. The van der Waals surface area contributed by atoms with E-state index in [9.17, 15) is 14.0 Å². The molecule has 6 heteroatoms. The summed E-state index contributed by atoms with van der Waals surface area (Å²) in [5.41, 5.74) is -0.170. The highest BCUT2D eigenvalue weighted by molar-refractivity contribution is 5.78. The van der Waals surface area contributed by atoms with Crippen molar-refractivity contribution >= 4 is 12.0 Å². The molecule has 0 aromatic heterocycles. The van der Waals surface area contributed by atoms with Crippen LogP contribution in [0.5, 0.6) is 0 Å². The molecule has 5 nitrogen and oxygen atoms in total. The van der Waals surface area contributed by atoms with Gasteiger partial charge in [0.1, 0.15) is 11.4 Å². The molecule has 1 heterocycles. The van der Waals surface area contributed by atoms with Gasteiger partial charge in [-0.05, 0) is 58.6 Å². The zero-order chi connectivity index (χ0) is 19.3. The first-order valence-electron chi connectivity index (χ1n) is 9.18. The number of ether oxygens (including phenoxy) is 1. The Bertz CT molecular complexity index is 642. The van der Waals surface area contributed by atoms with E-state index < -0.39 is 17.7 Å². The molecule has 1 aromatic carbocycles. The molecule has 0 saturated carbocycles. The van der Waals surface area contributed by atoms with Crippen molar-refractivity contribution in [1.82, 2.24) is 10.2 Å². The van der Waals surface area contributed by atoms with Gasteiger partial charge in [-0.3, -0.25) is 4.79 Å². The van der Waals surface area contributed by atoms with Gasteiger partial charge in [0.15, 0.2) is 0 Å². The summed E-state index contributed by atoms with van der Waals surface area (Å²) < 4.78 is 19.3. The highest BCUT2D eigenvalue weighted by Crippen LogP contribution is 2.19. The molecule has 1 aliphatic heterocycles. The lowest BCUT2D eigenvalue weighted by atomic mass is 10.0. The molecule has 1 fully saturated rings. The van der Waals surface area contributed by atoms with Crippen LogP contribution < -0.4 is 5.32 Å². The Morgan fingerprint density at radius 1 is 1.35 bits per heavy atom. The van der Waals surface area contributed by atoms with E-state index in [0.29, 0.717) is 5.56 Å². The molecule has 26 heavy (non-hydrogen) atoms. The largest absolute Gasteiger partial charge is 0.444 e. The van der Waals surface area contributed by atoms with Gasteiger partial charge in [-0.15, -0.1) is 0 Å². The molecule has 1 aliphatic rings. The first kappa shape index (κ1) is 20.2. The molecule has 2 amide bonds. The third kappa shape index (κ3) is 6.00. The Labute approximate surface area is 154 Å². The molecule has 144 valence electrons. The van der Waals surface area contributed by atoms with Gasteiger partial charge in [-0.2, -0.15) is 0 Å². The summed E-state index contributed by atoms with van der Waals surface area (Å²) in [6.45, 7) is 8.08. The van der Waals surface area contributed by atoms with Crippen molar-refractivity contribution < 1.29 is 18.7 Å². The number of halogens is 1. The molecule has 0 spiro atoms. The maximum atomic E-state index is 14.0. The maximum Gasteiger partial charge on any atom is 0.407 e. The Balaban J connectivity index is 2.08. The van der Waals surface area contributed by atoms with Crippen molar-refractivity contribution in [1.29, 1.82) is 0 Å². The first-order valence-corrected chi connectivity index (χ1v) is 9.18. The van der Waals surface area contributed by atoms with Crippen LogP contribution in [0.2, 0.25) is 0 Å². The van der Waals surface area contributed by atoms with Crippen LogP contribution in [0.3, 0.4) is 0 Å². The van der Waals surface area contributed by atoms with Crippen LogP contribution in [-0.4, -0.2) is 41.1 Å². The number of benzene rings is 1. The number of rotatable bonds is 5. The van der Waals surface area contributed by atoms with E-state index in [0.717, 1.165) is 19.4 Å². The predicted octanol–water partition coefficient (Wildman–Crippen LogP) is 3.66. The van der Waals surface area contributed by atoms with E-state index in [2.05, 4.69) is 5.32 Å². The van der Waals surface area contributed by atoms with E-state index in [1.165, 1.54) is 6.07 Å². The fourth-order valence-electron chi connectivity index (χ4n) is 3.21. The highest BCUT2D eigenvalue weighted by Gasteiger charge is 2.29. The summed E-state index contributed by atoms with van der Waals surface area (Å²) in [5, 5.41) is 2.74. The lowest BCUT2D eigenvalue weighted by molar-refractivity contribution is -0.132. The van der Waals surface area contributed by atoms with Crippen LogP contribution >= 0.6 is 0 Å². The Morgan fingerprint density at radius 3 is 2.62 bits per heavy atom. The topological polar surface area (TPSA) is 58.6 Å². The molecule has 0 radical (unpaired) electrons. The summed E-state index contributed by atoms with van der Waals surface area (Å²) in [5.74, 6) is -0.363.